The van der Waals surface area contributed by atoms with Crippen molar-refractivity contribution in [2.75, 3.05) is 7.11 Å². The summed E-state index contributed by atoms with van der Waals surface area (Å²) in [4.78, 5) is 0.0846. The standard InChI is InChI=1S/C17H23N3O4S/c1-3-15(12-9-14(21)10-12)19-25(22,23)17-11-13(5-6-16(17)24-2)20-8-4-7-18-20/h4-8,11-12,14-15,19,21H,3,9-10H2,1-2H3. The van der Waals surface area contributed by atoms with Crippen LogP contribution in [-0.4, -0.2) is 42.6 Å². The first-order chi connectivity index (χ1) is 11.9. The Hall–Kier alpha value is -1.90. The van der Waals surface area contributed by atoms with Gasteiger partial charge < -0.3 is 9.84 Å². The summed E-state index contributed by atoms with van der Waals surface area (Å²) in [6.45, 7) is 1.94. The molecule has 1 aliphatic carbocycles. The smallest absolute Gasteiger partial charge is 0.244 e. The van der Waals surface area contributed by atoms with Crippen LogP contribution in [0.4, 0.5) is 0 Å². The van der Waals surface area contributed by atoms with E-state index in [1.165, 1.54) is 7.11 Å². The first-order valence-electron chi connectivity index (χ1n) is 8.33. The molecule has 0 spiro atoms. The van der Waals surface area contributed by atoms with Crippen LogP contribution >= 0.6 is 0 Å². The number of ether oxygens (including phenoxy) is 1. The summed E-state index contributed by atoms with van der Waals surface area (Å²) < 4.78 is 35.5. The molecule has 1 aliphatic rings. The number of aliphatic hydroxyl groups is 1. The average molecular weight is 365 g/mol. The van der Waals surface area contributed by atoms with E-state index >= 15 is 0 Å². The van der Waals surface area contributed by atoms with Gasteiger partial charge in [0.1, 0.15) is 10.6 Å². The Morgan fingerprint density at radius 1 is 1.44 bits per heavy atom. The van der Waals surface area contributed by atoms with Crippen molar-refractivity contribution in [3.63, 3.8) is 0 Å². The highest BCUT2D eigenvalue weighted by molar-refractivity contribution is 7.89. The lowest BCUT2D eigenvalue weighted by atomic mass is 9.77. The molecule has 1 saturated carbocycles. The highest BCUT2D eigenvalue weighted by atomic mass is 32.2. The van der Waals surface area contributed by atoms with E-state index in [2.05, 4.69) is 9.82 Å². The molecule has 1 unspecified atom stereocenters. The Morgan fingerprint density at radius 2 is 2.20 bits per heavy atom. The van der Waals surface area contributed by atoms with Gasteiger partial charge in [0.25, 0.3) is 0 Å². The van der Waals surface area contributed by atoms with Gasteiger partial charge in [-0.2, -0.15) is 5.10 Å². The molecule has 2 aromatic rings. The van der Waals surface area contributed by atoms with E-state index in [4.69, 9.17) is 4.74 Å². The molecule has 1 atom stereocenters. The Bertz CT molecular complexity index is 814. The molecule has 2 N–H and O–H groups in total. The van der Waals surface area contributed by atoms with Crippen molar-refractivity contribution in [1.82, 2.24) is 14.5 Å². The molecule has 1 fully saturated rings. The SMILES string of the molecule is CCC(NS(=O)(=O)c1cc(-n2cccn2)ccc1OC)C1CC(O)C1. The van der Waals surface area contributed by atoms with Gasteiger partial charge in [-0.25, -0.2) is 17.8 Å². The van der Waals surface area contributed by atoms with E-state index in [-0.39, 0.29) is 28.7 Å². The van der Waals surface area contributed by atoms with E-state index in [0.29, 0.717) is 24.9 Å². The number of hydrogen-bond donors (Lipinski definition) is 2. The molecular formula is C17H23N3O4S. The number of nitrogens with one attached hydrogen (secondary N) is 1. The number of aromatic nitrogens is 2. The average Bonchev–Trinajstić information content (AvgIpc) is 3.11. The summed E-state index contributed by atoms with van der Waals surface area (Å²) >= 11 is 0. The van der Waals surface area contributed by atoms with Crippen molar-refractivity contribution in [1.29, 1.82) is 0 Å². The summed E-state index contributed by atoms with van der Waals surface area (Å²) in [5.41, 5.74) is 0.637. The third kappa shape index (κ3) is 3.70. The Labute approximate surface area is 147 Å². The maximum Gasteiger partial charge on any atom is 0.244 e. The molecular weight excluding hydrogens is 342 g/mol. The lowest BCUT2D eigenvalue weighted by Crippen LogP contribution is -2.46. The van der Waals surface area contributed by atoms with Crippen LogP contribution in [0, 0.1) is 5.92 Å². The molecule has 8 heteroatoms. The fourth-order valence-electron chi connectivity index (χ4n) is 3.17. The van der Waals surface area contributed by atoms with Gasteiger partial charge >= 0.3 is 0 Å². The fraction of sp³-hybridized carbons (Fsp3) is 0.471. The van der Waals surface area contributed by atoms with Crippen LogP contribution in [0.25, 0.3) is 5.69 Å². The monoisotopic (exact) mass is 365 g/mol. The van der Waals surface area contributed by atoms with Crippen molar-refractivity contribution in [2.45, 2.75) is 43.2 Å². The van der Waals surface area contributed by atoms with Crippen molar-refractivity contribution >= 4 is 10.0 Å². The Morgan fingerprint density at radius 3 is 2.76 bits per heavy atom. The first-order valence-corrected chi connectivity index (χ1v) is 9.81. The first kappa shape index (κ1) is 17.9. The zero-order valence-corrected chi connectivity index (χ0v) is 15.1. The second-order valence-electron chi connectivity index (χ2n) is 6.31. The third-order valence-corrected chi connectivity index (χ3v) is 6.18. The van der Waals surface area contributed by atoms with E-state index in [1.54, 1.807) is 41.3 Å². The van der Waals surface area contributed by atoms with Crippen LogP contribution < -0.4 is 9.46 Å². The summed E-state index contributed by atoms with van der Waals surface area (Å²) in [6, 6.07) is 6.50. The molecule has 1 aromatic heterocycles. The van der Waals surface area contributed by atoms with E-state index < -0.39 is 10.0 Å². The van der Waals surface area contributed by atoms with Crippen molar-refractivity contribution in [3.8, 4) is 11.4 Å². The number of sulfonamides is 1. The molecule has 0 aliphatic heterocycles. The Balaban J connectivity index is 1.91. The highest BCUT2D eigenvalue weighted by Crippen LogP contribution is 2.33. The lowest BCUT2D eigenvalue weighted by molar-refractivity contribution is 0.0277. The molecule has 7 nitrogen and oxygen atoms in total. The number of rotatable bonds is 7. The number of methoxy groups -OCH3 is 1. The molecule has 3 rings (SSSR count). The summed E-state index contributed by atoms with van der Waals surface area (Å²) in [5, 5.41) is 13.6. The number of benzene rings is 1. The van der Waals surface area contributed by atoms with Gasteiger partial charge in [-0.3, -0.25) is 0 Å². The fourth-order valence-corrected chi connectivity index (χ4v) is 4.75. The van der Waals surface area contributed by atoms with Crippen LogP contribution in [0.1, 0.15) is 26.2 Å². The maximum atomic E-state index is 12.9. The highest BCUT2D eigenvalue weighted by Gasteiger charge is 2.36. The minimum atomic E-state index is -3.76. The van der Waals surface area contributed by atoms with Gasteiger partial charge in [-0.1, -0.05) is 6.92 Å². The van der Waals surface area contributed by atoms with E-state index in [9.17, 15) is 13.5 Å². The topological polar surface area (TPSA) is 93.5 Å². The minimum absolute atomic E-state index is 0.0846. The molecule has 25 heavy (non-hydrogen) atoms. The van der Waals surface area contributed by atoms with Crippen molar-refractivity contribution in [3.05, 3.63) is 36.7 Å². The molecule has 136 valence electrons. The molecule has 0 bridgehead atoms. The maximum absolute atomic E-state index is 12.9. The van der Waals surface area contributed by atoms with Crippen LogP contribution in [0.2, 0.25) is 0 Å². The van der Waals surface area contributed by atoms with Crippen molar-refractivity contribution in [2.24, 2.45) is 5.92 Å². The lowest BCUT2D eigenvalue weighted by Gasteiger charge is -2.37. The van der Waals surface area contributed by atoms with Crippen LogP contribution in [0.3, 0.4) is 0 Å². The summed E-state index contributed by atoms with van der Waals surface area (Å²) in [7, 11) is -2.32. The molecule has 0 radical (unpaired) electrons. The van der Waals surface area contributed by atoms with Gasteiger partial charge in [0, 0.05) is 18.4 Å². The van der Waals surface area contributed by atoms with Gasteiger partial charge in [0.05, 0.1) is 18.9 Å². The predicted molar refractivity (Wildman–Crippen MR) is 93.2 cm³/mol. The second kappa shape index (κ2) is 7.15. The van der Waals surface area contributed by atoms with Crippen LogP contribution in [0.5, 0.6) is 5.75 Å². The molecule has 1 heterocycles. The zero-order chi connectivity index (χ0) is 18.0. The van der Waals surface area contributed by atoms with Gasteiger partial charge in [0.15, 0.2) is 0 Å². The number of hydrogen-bond acceptors (Lipinski definition) is 5. The number of aliphatic hydroxyl groups excluding tert-OH is 1. The van der Waals surface area contributed by atoms with Gasteiger partial charge in [-0.05, 0) is 49.4 Å². The normalized spacial score (nSPS) is 21.6. The zero-order valence-electron chi connectivity index (χ0n) is 14.3. The van der Waals surface area contributed by atoms with Crippen LogP contribution in [-0.2, 0) is 10.0 Å². The molecule has 0 saturated heterocycles. The molecule has 1 aromatic carbocycles. The van der Waals surface area contributed by atoms with Gasteiger partial charge in [-0.15, -0.1) is 0 Å². The molecule has 0 amide bonds. The summed E-state index contributed by atoms with van der Waals surface area (Å²) in [5.74, 6) is 0.446. The van der Waals surface area contributed by atoms with Gasteiger partial charge in [0.2, 0.25) is 10.0 Å². The second-order valence-corrected chi connectivity index (χ2v) is 7.99. The van der Waals surface area contributed by atoms with Crippen LogP contribution in [0.15, 0.2) is 41.6 Å². The quantitative estimate of drug-likeness (QED) is 0.779. The largest absolute Gasteiger partial charge is 0.495 e. The summed E-state index contributed by atoms with van der Waals surface area (Å²) in [6.07, 6.45) is 4.98. The number of nitrogens with zero attached hydrogens (tertiary/aromatic N) is 2. The minimum Gasteiger partial charge on any atom is -0.495 e. The Kier molecular flexibility index (Phi) is 5.12. The van der Waals surface area contributed by atoms with E-state index in [1.807, 2.05) is 6.92 Å². The third-order valence-electron chi connectivity index (χ3n) is 4.67. The predicted octanol–water partition coefficient (Wildman–Crippen LogP) is 1.71. The van der Waals surface area contributed by atoms with E-state index in [0.717, 1.165) is 0 Å². The van der Waals surface area contributed by atoms with Crippen molar-refractivity contribution < 1.29 is 18.3 Å².